The molecule has 1 aliphatic carbocycles. The molecule has 0 unspecified atom stereocenters. The number of carbonyl (C=O) groups excluding carboxylic acids is 2. The lowest BCUT2D eigenvalue weighted by Crippen LogP contribution is -2.34. The Bertz CT molecular complexity index is 1780. The van der Waals surface area contributed by atoms with Gasteiger partial charge in [-0.25, -0.2) is 13.8 Å². The van der Waals surface area contributed by atoms with Gasteiger partial charge in [-0.3, -0.25) is 14.2 Å². The number of aryl methyl sites for hydroxylation is 1. The van der Waals surface area contributed by atoms with Crippen molar-refractivity contribution >= 4 is 40.3 Å². The van der Waals surface area contributed by atoms with Gasteiger partial charge in [0.05, 0.1) is 16.8 Å². The summed E-state index contributed by atoms with van der Waals surface area (Å²) in [6.07, 6.45) is -9.93. The molecule has 2 aromatic heterocycles. The second kappa shape index (κ2) is 13.0. The SMILES string of the molecule is Cn1c(Nc2cc(CNC(=O)C3CCC3)ccc2C(F)(F)F)nc2cc(C(=O)Nc3ccc(C(F)(F)F)cc3)c(OCC(F)F)nc21. The zero-order chi connectivity index (χ0) is 34.1. The van der Waals surface area contributed by atoms with Crippen LogP contribution in [0, 0.1) is 5.92 Å². The molecule has 2 heterocycles. The first-order valence-electron chi connectivity index (χ1n) is 14.1. The molecule has 1 fully saturated rings. The molecule has 17 heteroatoms. The van der Waals surface area contributed by atoms with Crippen molar-refractivity contribution in [3.8, 4) is 5.88 Å². The first-order chi connectivity index (χ1) is 22.1. The number of pyridine rings is 1. The summed E-state index contributed by atoms with van der Waals surface area (Å²) in [6.45, 7) is -1.18. The number of carbonyl (C=O) groups is 2. The molecule has 0 bridgehead atoms. The Labute approximate surface area is 261 Å². The van der Waals surface area contributed by atoms with E-state index in [-0.39, 0.29) is 41.2 Å². The third-order valence-electron chi connectivity index (χ3n) is 7.45. The highest BCUT2D eigenvalue weighted by Gasteiger charge is 2.34. The maximum absolute atomic E-state index is 13.9. The number of alkyl halides is 8. The van der Waals surface area contributed by atoms with E-state index < -0.39 is 59.5 Å². The number of hydrogen-bond donors (Lipinski definition) is 3. The second-order valence-electron chi connectivity index (χ2n) is 10.8. The van der Waals surface area contributed by atoms with Crippen molar-refractivity contribution in [2.75, 3.05) is 17.2 Å². The van der Waals surface area contributed by atoms with Crippen molar-refractivity contribution in [1.82, 2.24) is 19.9 Å². The van der Waals surface area contributed by atoms with E-state index in [4.69, 9.17) is 4.74 Å². The van der Waals surface area contributed by atoms with Gasteiger partial charge in [0.1, 0.15) is 11.1 Å². The molecular weight excluding hydrogens is 644 g/mol. The van der Waals surface area contributed by atoms with Gasteiger partial charge in [-0.05, 0) is 60.9 Å². The Balaban J connectivity index is 1.46. The lowest BCUT2D eigenvalue weighted by molar-refractivity contribution is -0.138. The lowest BCUT2D eigenvalue weighted by Gasteiger charge is -2.24. The largest absolute Gasteiger partial charge is 0.471 e. The minimum atomic E-state index is -4.78. The Kier molecular flexibility index (Phi) is 9.27. The van der Waals surface area contributed by atoms with E-state index in [1.54, 1.807) is 0 Å². The molecule has 2 aromatic carbocycles. The fourth-order valence-corrected chi connectivity index (χ4v) is 4.74. The molecule has 4 aromatic rings. The molecule has 0 spiro atoms. The zero-order valence-corrected chi connectivity index (χ0v) is 24.4. The summed E-state index contributed by atoms with van der Waals surface area (Å²) < 4.78 is 113. The van der Waals surface area contributed by atoms with E-state index in [2.05, 4.69) is 25.9 Å². The number of imidazole rings is 1. The number of ether oxygens (including phenoxy) is 1. The summed E-state index contributed by atoms with van der Waals surface area (Å²) >= 11 is 0. The van der Waals surface area contributed by atoms with Crippen molar-refractivity contribution in [3.05, 3.63) is 70.8 Å². The molecule has 0 aliphatic heterocycles. The van der Waals surface area contributed by atoms with Gasteiger partial charge in [0.25, 0.3) is 12.3 Å². The summed E-state index contributed by atoms with van der Waals surface area (Å²) in [5.74, 6) is -2.04. The van der Waals surface area contributed by atoms with Crippen molar-refractivity contribution in [3.63, 3.8) is 0 Å². The third-order valence-corrected chi connectivity index (χ3v) is 7.45. The number of fused-ring (bicyclic) bond motifs is 1. The van der Waals surface area contributed by atoms with Crippen LogP contribution in [-0.4, -0.2) is 39.4 Å². The van der Waals surface area contributed by atoms with Crippen LogP contribution in [0.4, 0.5) is 52.4 Å². The topological polar surface area (TPSA) is 110 Å². The molecule has 0 radical (unpaired) electrons. The Morgan fingerprint density at radius 1 is 0.979 bits per heavy atom. The predicted molar refractivity (Wildman–Crippen MR) is 153 cm³/mol. The molecule has 0 saturated heterocycles. The van der Waals surface area contributed by atoms with Gasteiger partial charge in [0.2, 0.25) is 17.7 Å². The van der Waals surface area contributed by atoms with Crippen LogP contribution < -0.4 is 20.7 Å². The van der Waals surface area contributed by atoms with Crippen molar-refractivity contribution in [2.24, 2.45) is 13.0 Å². The quantitative estimate of drug-likeness (QED) is 0.156. The molecule has 2 amide bonds. The van der Waals surface area contributed by atoms with E-state index in [1.807, 2.05) is 0 Å². The normalized spacial score (nSPS) is 13.8. The summed E-state index contributed by atoms with van der Waals surface area (Å²) in [5, 5.41) is 7.67. The zero-order valence-electron chi connectivity index (χ0n) is 24.4. The van der Waals surface area contributed by atoms with Crippen molar-refractivity contribution in [2.45, 2.75) is 44.6 Å². The van der Waals surface area contributed by atoms with E-state index >= 15 is 0 Å². The lowest BCUT2D eigenvalue weighted by atomic mass is 9.85. The number of aromatic nitrogens is 3. The summed E-state index contributed by atoms with van der Waals surface area (Å²) in [4.78, 5) is 33.7. The van der Waals surface area contributed by atoms with Crippen molar-refractivity contribution in [1.29, 1.82) is 0 Å². The van der Waals surface area contributed by atoms with Gasteiger partial charge >= 0.3 is 12.4 Å². The molecule has 1 saturated carbocycles. The van der Waals surface area contributed by atoms with Gasteiger partial charge < -0.3 is 20.7 Å². The monoisotopic (exact) mass is 670 g/mol. The second-order valence-corrected chi connectivity index (χ2v) is 10.8. The summed E-state index contributed by atoms with van der Waals surface area (Å²) in [5.41, 5.74) is -2.61. The average molecular weight is 671 g/mol. The highest BCUT2D eigenvalue weighted by Crippen LogP contribution is 2.37. The third kappa shape index (κ3) is 7.72. The number of anilines is 3. The van der Waals surface area contributed by atoms with Crippen LogP contribution in [0.3, 0.4) is 0 Å². The maximum Gasteiger partial charge on any atom is 0.418 e. The number of amides is 2. The molecule has 5 rings (SSSR count). The smallest absolute Gasteiger partial charge is 0.418 e. The highest BCUT2D eigenvalue weighted by molar-refractivity contribution is 6.07. The fourth-order valence-electron chi connectivity index (χ4n) is 4.74. The number of rotatable bonds is 10. The summed E-state index contributed by atoms with van der Waals surface area (Å²) in [6, 6.07) is 7.83. The number of nitrogens with zero attached hydrogens (tertiary/aromatic N) is 3. The average Bonchev–Trinajstić information content (AvgIpc) is 3.26. The van der Waals surface area contributed by atoms with Gasteiger partial charge in [-0.1, -0.05) is 12.5 Å². The van der Waals surface area contributed by atoms with E-state index in [0.29, 0.717) is 5.56 Å². The molecule has 9 nitrogen and oxygen atoms in total. The molecule has 3 N–H and O–H groups in total. The first-order valence-corrected chi connectivity index (χ1v) is 14.1. The van der Waals surface area contributed by atoms with Crippen LogP contribution in [0.2, 0.25) is 0 Å². The minimum absolute atomic E-state index is 0.0194. The van der Waals surface area contributed by atoms with E-state index in [0.717, 1.165) is 55.7 Å². The number of nitrogens with one attached hydrogen (secondary N) is 3. The summed E-state index contributed by atoms with van der Waals surface area (Å²) in [7, 11) is 1.37. The van der Waals surface area contributed by atoms with Crippen LogP contribution in [-0.2, 0) is 30.7 Å². The Morgan fingerprint density at radius 2 is 1.68 bits per heavy atom. The predicted octanol–water partition coefficient (Wildman–Crippen LogP) is 7.06. The first kappa shape index (κ1) is 33.4. The van der Waals surface area contributed by atoms with Crippen LogP contribution in [0.15, 0.2) is 48.5 Å². The van der Waals surface area contributed by atoms with Crippen LogP contribution >= 0.6 is 0 Å². The molecular formula is C30H26F8N6O3. The number of benzene rings is 2. The highest BCUT2D eigenvalue weighted by atomic mass is 19.4. The number of halogens is 8. The molecule has 250 valence electrons. The van der Waals surface area contributed by atoms with Crippen LogP contribution in [0.5, 0.6) is 5.88 Å². The number of hydrogen-bond acceptors (Lipinski definition) is 6. The van der Waals surface area contributed by atoms with E-state index in [1.165, 1.54) is 23.7 Å². The molecule has 47 heavy (non-hydrogen) atoms. The van der Waals surface area contributed by atoms with Gasteiger partial charge in [0.15, 0.2) is 12.3 Å². The van der Waals surface area contributed by atoms with Gasteiger partial charge in [0, 0.05) is 25.2 Å². The van der Waals surface area contributed by atoms with Crippen molar-refractivity contribution < 1.29 is 49.4 Å². The van der Waals surface area contributed by atoms with E-state index in [9.17, 15) is 44.7 Å². The minimum Gasteiger partial charge on any atom is -0.471 e. The van der Waals surface area contributed by atoms with Gasteiger partial charge in [-0.2, -0.15) is 31.3 Å². The Hall–Kier alpha value is -4.96. The Morgan fingerprint density at radius 3 is 2.28 bits per heavy atom. The molecule has 0 atom stereocenters. The standard InChI is InChI=1S/C30H26F8N6O3/c1-44-24-22(12-19(27(43-24)47-14-23(31)32)26(46)40-18-8-6-17(7-9-18)29(33,34)35)42-28(44)41-21-11-15(5-10-20(21)30(36,37)38)13-39-25(45)16-3-2-4-16/h5-12,16,23H,2-4,13-14H2,1H3,(H,39,45)(H,40,46)(H,41,42). The van der Waals surface area contributed by atoms with Crippen LogP contribution in [0.25, 0.3) is 11.2 Å². The maximum atomic E-state index is 13.9. The van der Waals surface area contributed by atoms with Gasteiger partial charge in [-0.15, -0.1) is 0 Å². The van der Waals surface area contributed by atoms with Crippen LogP contribution in [0.1, 0.15) is 46.3 Å². The fraction of sp³-hybridized carbons (Fsp3) is 0.333. The molecule has 1 aliphatic rings.